The van der Waals surface area contributed by atoms with Crippen LogP contribution >= 0.6 is 35.0 Å². The van der Waals surface area contributed by atoms with E-state index in [1.54, 1.807) is 4.90 Å². The molecule has 1 aliphatic rings. The van der Waals surface area contributed by atoms with Crippen molar-refractivity contribution in [1.29, 1.82) is 0 Å². The molecule has 0 unspecified atom stereocenters. The second-order valence-corrected chi connectivity index (χ2v) is 10.4. The van der Waals surface area contributed by atoms with Gasteiger partial charge in [-0.1, -0.05) is 65.7 Å². The zero-order valence-electron chi connectivity index (χ0n) is 19.3. The number of amides is 1. The van der Waals surface area contributed by atoms with Gasteiger partial charge in [0.25, 0.3) is 5.91 Å². The molecule has 0 radical (unpaired) electrons. The van der Waals surface area contributed by atoms with Crippen LogP contribution in [0.2, 0.25) is 10.0 Å². The number of aromatic nitrogens is 1. The molecule has 5 rings (SSSR count). The number of amidine groups is 1. The first kappa shape index (κ1) is 23.7. The van der Waals surface area contributed by atoms with Crippen LogP contribution < -0.4 is 0 Å². The summed E-state index contributed by atoms with van der Waals surface area (Å²) in [4.78, 5) is 20.6. The normalized spacial score (nSPS) is 16.4. The number of nitrogens with zero attached hydrogens (tertiary/aromatic N) is 3. The van der Waals surface area contributed by atoms with Gasteiger partial charge in [0.1, 0.15) is 0 Å². The number of para-hydroxylation sites is 2. The van der Waals surface area contributed by atoms with Gasteiger partial charge >= 0.3 is 0 Å². The van der Waals surface area contributed by atoms with Crippen LogP contribution in [0.3, 0.4) is 0 Å². The van der Waals surface area contributed by atoms with E-state index in [2.05, 4.69) is 22.9 Å². The highest BCUT2D eigenvalue weighted by Crippen LogP contribution is 2.37. The molecule has 7 heteroatoms. The van der Waals surface area contributed by atoms with Crippen molar-refractivity contribution in [2.75, 3.05) is 0 Å². The molecular formula is C28H23Cl2N3OS. The zero-order chi connectivity index (χ0) is 24.5. The summed E-state index contributed by atoms with van der Waals surface area (Å²) < 4.78 is 2.17. The van der Waals surface area contributed by atoms with Gasteiger partial charge in [0.2, 0.25) is 0 Å². The molecular weight excluding hydrogens is 497 g/mol. The third-order valence-electron chi connectivity index (χ3n) is 5.78. The zero-order valence-corrected chi connectivity index (χ0v) is 21.6. The number of hydrogen-bond acceptors (Lipinski definition) is 3. The molecule has 0 spiro atoms. The Morgan fingerprint density at radius 2 is 1.71 bits per heavy atom. The van der Waals surface area contributed by atoms with E-state index in [0.29, 0.717) is 26.7 Å². The number of thioether (sulfide) groups is 1. The molecule has 1 aromatic heterocycles. The number of halogens is 2. The van der Waals surface area contributed by atoms with E-state index in [0.717, 1.165) is 27.7 Å². The van der Waals surface area contributed by atoms with Crippen molar-refractivity contribution in [1.82, 2.24) is 9.47 Å². The summed E-state index contributed by atoms with van der Waals surface area (Å²) in [5.74, 6) is -0.0269. The largest absolute Gasteiger partial charge is 0.342 e. The maximum atomic E-state index is 13.4. The lowest BCUT2D eigenvalue weighted by Gasteiger charge is -2.19. The molecule has 2 heterocycles. The van der Waals surface area contributed by atoms with E-state index in [4.69, 9.17) is 28.2 Å². The van der Waals surface area contributed by atoms with Crippen LogP contribution in [0.25, 0.3) is 17.0 Å². The summed E-state index contributed by atoms with van der Waals surface area (Å²) in [6, 6.07) is 23.6. The molecule has 0 bridgehead atoms. The van der Waals surface area contributed by atoms with Crippen LogP contribution in [0.15, 0.2) is 88.9 Å². The smallest absolute Gasteiger partial charge is 0.266 e. The molecule has 3 aromatic carbocycles. The van der Waals surface area contributed by atoms with Gasteiger partial charge in [-0.25, -0.2) is 4.99 Å². The van der Waals surface area contributed by atoms with E-state index in [9.17, 15) is 4.79 Å². The van der Waals surface area contributed by atoms with Crippen molar-refractivity contribution in [2.24, 2.45) is 4.99 Å². The lowest BCUT2D eigenvalue weighted by atomic mass is 10.1. The Hall–Kier alpha value is -2.99. The average Bonchev–Trinajstić information content (AvgIpc) is 3.34. The summed E-state index contributed by atoms with van der Waals surface area (Å²) in [6.45, 7) is 4.65. The highest BCUT2D eigenvalue weighted by Gasteiger charge is 2.35. The Kier molecular flexibility index (Phi) is 6.74. The molecule has 1 aliphatic heterocycles. The third kappa shape index (κ3) is 4.90. The van der Waals surface area contributed by atoms with Gasteiger partial charge in [0.15, 0.2) is 5.17 Å². The molecule has 4 nitrogen and oxygen atoms in total. The van der Waals surface area contributed by atoms with Crippen LogP contribution in [0.4, 0.5) is 5.69 Å². The van der Waals surface area contributed by atoms with E-state index in [1.807, 2.05) is 80.6 Å². The number of carbonyl (C=O) groups is 1. The van der Waals surface area contributed by atoms with Crippen LogP contribution in [0.1, 0.15) is 25.0 Å². The Morgan fingerprint density at radius 1 is 0.971 bits per heavy atom. The van der Waals surface area contributed by atoms with Gasteiger partial charge in [0, 0.05) is 35.2 Å². The van der Waals surface area contributed by atoms with E-state index < -0.39 is 0 Å². The Labute approximate surface area is 218 Å². The second kappa shape index (κ2) is 9.94. The van der Waals surface area contributed by atoms with Gasteiger partial charge in [-0.2, -0.15) is 0 Å². The summed E-state index contributed by atoms with van der Waals surface area (Å²) in [7, 11) is 0. The Morgan fingerprint density at radius 3 is 2.46 bits per heavy atom. The van der Waals surface area contributed by atoms with E-state index in [-0.39, 0.29) is 11.9 Å². The number of benzene rings is 3. The predicted octanol–water partition coefficient (Wildman–Crippen LogP) is 8.01. The number of carbonyl (C=O) groups excluding carboxylic acids is 1. The SMILES string of the molecule is CC(C)N1C(=O)/C(=C\c2cn(Cc3ccc(Cl)c(Cl)c3)c3ccccc23)SC1=Nc1ccccc1. The molecule has 0 atom stereocenters. The Bertz CT molecular complexity index is 1470. The lowest BCUT2D eigenvalue weighted by Crippen LogP contribution is -2.35. The third-order valence-corrected chi connectivity index (χ3v) is 7.50. The number of hydrogen-bond donors (Lipinski definition) is 0. The van der Waals surface area contributed by atoms with Crippen molar-refractivity contribution in [3.8, 4) is 0 Å². The monoisotopic (exact) mass is 519 g/mol. The number of rotatable bonds is 5. The van der Waals surface area contributed by atoms with E-state index >= 15 is 0 Å². The first-order valence-electron chi connectivity index (χ1n) is 11.3. The number of fused-ring (bicyclic) bond motifs is 1. The fourth-order valence-electron chi connectivity index (χ4n) is 4.13. The van der Waals surface area contributed by atoms with Crippen molar-refractivity contribution >= 4 is 68.7 Å². The molecule has 0 aliphatic carbocycles. The standard InChI is InChI=1S/C28H23Cl2N3OS/c1-18(2)33-27(34)26(35-28(33)31-21-8-4-3-5-9-21)15-20-17-32(25-11-7-6-10-22(20)25)16-19-12-13-23(29)24(30)14-19/h3-15,17-18H,16H2,1-2H3/b26-15+,31-28?. The summed E-state index contributed by atoms with van der Waals surface area (Å²) in [6.07, 6.45) is 4.06. The molecule has 0 N–H and O–H groups in total. The topological polar surface area (TPSA) is 37.6 Å². The minimum absolute atomic E-state index is 0.000595. The van der Waals surface area contributed by atoms with Crippen LogP contribution in [-0.2, 0) is 11.3 Å². The second-order valence-electron chi connectivity index (χ2n) is 8.59. The van der Waals surface area contributed by atoms with Crippen LogP contribution in [0, 0.1) is 0 Å². The average molecular weight is 520 g/mol. The van der Waals surface area contributed by atoms with Crippen LogP contribution in [-0.4, -0.2) is 26.6 Å². The van der Waals surface area contributed by atoms with Gasteiger partial charge in [0.05, 0.1) is 20.6 Å². The highest BCUT2D eigenvalue weighted by atomic mass is 35.5. The minimum atomic E-state index is -0.0269. The van der Waals surface area contributed by atoms with Crippen molar-refractivity contribution in [2.45, 2.75) is 26.4 Å². The lowest BCUT2D eigenvalue weighted by molar-refractivity contribution is -0.123. The van der Waals surface area contributed by atoms with Crippen LogP contribution in [0.5, 0.6) is 0 Å². The molecule has 0 saturated carbocycles. The first-order chi connectivity index (χ1) is 16.9. The Balaban J connectivity index is 1.53. The molecule has 1 fully saturated rings. The number of aliphatic imine (C=N–C) groups is 1. The molecule has 4 aromatic rings. The van der Waals surface area contributed by atoms with Gasteiger partial charge in [-0.3, -0.25) is 9.69 Å². The molecule has 1 saturated heterocycles. The highest BCUT2D eigenvalue weighted by molar-refractivity contribution is 8.18. The van der Waals surface area contributed by atoms with Gasteiger partial charge < -0.3 is 4.57 Å². The maximum absolute atomic E-state index is 13.4. The summed E-state index contributed by atoms with van der Waals surface area (Å²) >= 11 is 13.7. The summed E-state index contributed by atoms with van der Waals surface area (Å²) in [5, 5.41) is 2.85. The van der Waals surface area contributed by atoms with Crippen molar-refractivity contribution < 1.29 is 4.79 Å². The minimum Gasteiger partial charge on any atom is -0.342 e. The maximum Gasteiger partial charge on any atom is 0.266 e. The predicted molar refractivity (Wildman–Crippen MR) is 149 cm³/mol. The van der Waals surface area contributed by atoms with Gasteiger partial charge in [-0.05, 0) is 67.6 Å². The van der Waals surface area contributed by atoms with E-state index in [1.165, 1.54) is 11.8 Å². The van der Waals surface area contributed by atoms with Crippen molar-refractivity contribution in [3.05, 3.63) is 105 Å². The quantitative estimate of drug-likeness (QED) is 0.250. The molecule has 176 valence electrons. The van der Waals surface area contributed by atoms with Crippen molar-refractivity contribution in [3.63, 3.8) is 0 Å². The fourth-order valence-corrected chi connectivity index (χ4v) is 5.56. The first-order valence-corrected chi connectivity index (χ1v) is 12.9. The molecule has 1 amide bonds. The summed E-state index contributed by atoms with van der Waals surface area (Å²) in [5.41, 5.74) is 3.95. The fraction of sp³-hybridized carbons (Fsp3) is 0.143. The molecule has 35 heavy (non-hydrogen) atoms. The van der Waals surface area contributed by atoms with Gasteiger partial charge in [-0.15, -0.1) is 0 Å².